The quantitative estimate of drug-likeness (QED) is 0.834. The van der Waals surface area contributed by atoms with Gasteiger partial charge in [-0.3, -0.25) is 9.69 Å². The molecule has 2 aromatic rings. The van der Waals surface area contributed by atoms with Crippen LogP contribution in [0.4, 0.5) is 10.2 Å². The Morgan fingerprint density at radius 3 is 2.36 bits per heavy atom. The number of likely N-dealkylation sites (N-methyl/N-ethyl adjacent to an activating group) is 1. The Balaban J connectivity index is 1.93. The molecule has 1 aromatic heterocycles. The Bertz CT molecular complexity index is 1020. The minimum Gasteiger partial charge on any atom is -0.384 e. The summed E-state index contributed by atoms with van der Waals surface area (Å²) in [5.41, 5.74) is 5.59. The minimum absolute atomic E-state index is 0.0426. The van der Waals surface area contributed by atoms with Crippen LogP contribution in [0.3, 0.4) is 0 Å². The number of nitrogens with one attached hydrogen (secondary N) is 1. The van der Waals surface area contributed by atoms with Crippen molar-refractivity contribution in [2.45, 2.75) is 13.5 Å². The molecule has 0 spiro atoms. The lowest BCUT2D eigenvalue weighted by Crippen LogP contribution is -2.45. The number of hydrogen-bond donors (Lipinski definition) is 2. The second-order valence-corrected chi connectivity index (χ2v) is 6.73. The van der Waals surface area contributed by atoms with Gasteiger partial charge in [-0.15, -0.1) is 0 Å². The zero-order chi connectivity index (χ0) is 20.3. The van der Waals surface area contributed by atoms with E-state index in [0.717, 1.165) is 32.7 Å². The number of H-pyrrole nitrogens is 1. The van der Waals surface area contributed by atoms with Crippen LogP contribution in [0.25, 0.3) is 11.1 Å². The molecule has 0 bridgehead atoms. The number of aromatic nitrogens is 1. The summed E-state index contributed by atoms with van der Waals surface area (Å²) in [7, 11) is 0. The van der Waals surface area contributed by atoms with Crippen LogP contribution in [0.1, 0.15) is 23.6 Å². The molecule has 0 unspecified atom stereocenters. The molecular formula is C20H21FN6O. The molecular weight excluding hydrogens is 359 g/mol. The fourth-order valence-corrected chi connectivity index (χ4v) is 3.47. The highest BCUT2D eigenvalue weighted by molar-refractivity contribution is 5.80. The second-order valence-electron chi connectivity index (χ2n) is 6.73. The van der Waals surface area contributed by atoms with Crippen molar-refractivity contribution in [1.82, 2.24) is 14.8 Å². The van der Waals surface area contributed by atoms with E-state index < -0.39 is 11.4 Å². The van der Waals surface area contributed by atoms with Crippen molar-refractivity contribution in [3.8, 4) is 23.3 Å². The second kappa shape index (κ2) is 8.22. The molecule has 1 aliphatic rings. The number of halogens is 1. The van der Waals surface area contributed by atoms with Gasteiger partial charge in [0.15, 0.2) is 0 Å². The van der Waals surface area contributed by atoms with Gasteiger partial charge in [0.1, 0.15) is 34.9 Å². The lowest BCUT2D eigenvalue weighted by molar-refractivity contribution is 0.131. The highest BCUT2D eigenvalue weighted by Crippen LogP contribution is 2.29. The van der Waals surface area contributed by atoms with Crippen LogP contribution in [0, 0.1) is 28.5 Å². The number of nitrogens with zero attached hydrogens (tertiary/aromatic N) is 4. The average Bonchev–Trinajstić information content (AvgIpc) is 2.69. The van der Waals surface area contributed by atoms with Crippen molar-refractivity contribution in [2.75, 3.05) is 38.5 Å². The SMILES string of the molecule is CCN1CCN(Cc2ccc(-c3c(C#N)c(N)[nH]c(=O)c3C#N)cc2F)CC1. The molecule has 0 amide bonds. The first kappa shape index (κ1) is 19.6. The van der Waals surface area contributed by atoms with Crippen molar-refractivity contribution in [1.29, 1.82) is 10.5 Å². The topological polar surface area (TPSA) is 113 Å². The molecule has 2 heterocycles. The first-order chi connectivity index (χ1) is 13.5. The Morgan fingerprint density at radius 2 is 1.79 bits per heavy atom. The Labute approximate surface area is 162 Å². The van der Waals surface area contributed by atoms with Crippen LogP contribution in [0.2, 0.25) is 0 Å². The molecule has 0 radical (unpaired) electrons. The fraction of sp³-hybridized carbons (Fsp3) is 0.350. The van der Waals surface area contributed by atoms with Crippen molar-refractivity contribution in [3.05, 3.63) is 51.1 Å². The van der Waals surface area contributed by atoms with Crippen LogP contribution in [-0.2, 0) is 6.54 Å². The molecule has 0 atom stereocenters. The van der Waals surface area contributed by atoms with Crippen LogP contribution in [0.15, 0.2) is 23.0 Å². The lowest BCUT2D eigenvalue weighted by Gasteiger charge is -2.34. The van der Waals surface area contributed by atoms with Gasteiger partial charge >= 0.3 is 0 Å². The van der Waals surface area contributed by atoms with Crippen molar-refractivity contribution in [2.24, 2.45) is 0 Å². The average molecular weight is 380 g/mol. The normalized spacial score (nSPS) is 15.1. The van der Waals surface area contributed by atoms with E-state index in [9.17, 15) is 19.7 Å². The number of piperazine rings is 1. The van der Waals surface area contributed by atoms with Crippen LogP contribution < -0.4 is 11.3 Å². The Kier molecular flexibility index (Phi) is 5.74. The monoisotopic (exact) mass is 380 g/mol. The highest BCUT2D eigenvalue weighted by atomic mass is 19.1. The first-order valence-electron chi connectivity index (χ1n) is 9.08. The van der Waals surface area contributed by atoms with E-state index in [4.69, 9.17) is 5.73 Å². The summed E-state index contributed by atoms with van der Waals surface area (Å²) in [6.45, 7) is 7.28. The van der Waals surface area contributed by atoms with Crippen molar-refractivity contribution in [3.63, 3.8) is 0 Å². The van der Waals surface area contributed by atoms with Gasteiger partial charge in [-0.25, -0.2) is 4.39 Å². The molecule has 1 aliphatic heterocycles. The van der Waals surface area contributed by atoms with Gasteiger partial charge in [0.2, 0.25) is 0 Å². The molecule has 0 aliphatic carbocycles. The summed E-state index contributed by atoms with van der Waals surface area (Å²) in [4.78, 5) is 18.8. The van der Waals surface area contributed by atoms with Gasteiger partial charge in [-0.2, -0.15) is 10.5 Å². The number of rotatable bonds is 4. The number of nitrogens with two attached hydrogens (primary N) is 1. The summed E-state index contributed by atoms with van der Waals surface area (Å²) in [6.07, 6.45) is 0. The third kappa shape index (κ3) is 3.74. The molecule has 1 aromatic carbocycles. The number of benzene rings is 1. The maximum atomic E-state index is 14.8. The summed E-state index contributed by atoms with van der Waals surface area (Å²) in [6, 6.07) is 8.19. The Hall–Kier alpha value is -3.20. The van der Waals surface area contributed by atoms with Crippen molar-refractivity contribution < 1.29 is 4.39 Å². The molecule has 1 fully saturated rings. The van der Waals surface area contributed by atoms with Crippen molar-refractivity contribution >= 4 is 5.82 Å². The zero-order valence-electron chi connectivity index (χ0n) is 15.6. The molecule has 28 heavy (non-hydrogen) atoms. The number of anilines is 1. The molecule has 8 heteroatoms. The number of nitrogen functional groups attached to an aromatic ring is 1. The highest BCUT2D eigenvalue weighted by Gasteiger charge is 2.20. The van der Waals surface area contributed by atoms with E-state index in [0.29, 0.717) is 12.1 Å². The smallest absolute Gasteiger partial charge is 0.268 e. The maximum absolute atomic E-state index is 14.8. The van der Waals surface area contributed by atoms with E-state index in [-0.39, 0.29) is 28.1 Å². The number of pyridine rings is 1. The van der Waals surface area contributed by atoms with Gasteiger partial charge < -0.3 is 15.6 Å². The summed E-state index contributed by atoms with van der Waals surface area (Å²) >= 11 is 0. The number of aromatic amines is 1. The van der Waals surface area contributed by atoms with E-state index in [1.807, 2.05) is 6.07 Å². The third-order valence-electron chi connectivity index (χ3n) is 5.12. The van der Waals surface area contributed by atoms with Gasteiger partial charge in [0.25, 0.3) is 5.56 Å². The van der Waals surface area contributed by atoms with E-state index >= 15 is 0 Å². The molecule has 7 nitrogen and oxygen atoms in total. The summed E-state index contributed by atoms with van der Waals surface area (Å²) in [5, 5.41) is 18.7. The third-order valence-corrected chi connectivity index (χ3v) is 5.12. The first-order valence-corrected chi connectivity index (χ1v) is 9.08. The van der Waals surface area contributed by atoms with Crippen LogP contribution in [-0.4, -0.2) is 47.5 Å². The molecule has 3 N–H and O–H groups in total. The number of hydrogen-bond acceptors (Lipinski definition) is 6. The van der Waals surface area contributed by atoms with Crippen LogP contribution >= 0.6 is 0 Å². The molecule has 144 valence electrons. The van der Waals surface area contributed by atoms with Gasteiger partial charge in [0.05, 0.1) is 0 Å². The van der Waals surface area contributed by atoms with E-state index in [1.54, 1.807) is 18.2 Å². The molecule has 0 saturated carbocycles. The van der Waals surface area contributed by atoms with Crippen LogP contribution in [0.5, 0.6) is 0 Å². The van der Waals surface area contributed by atoms with Gasteiger partial charge in [-0.1, -0.05) is 19.1 Å². The number of nitriles is 2. The summed E-state index contributed by atoms with van der Waals surface area (Å²) < 4.78 is 14.8. The van der Waals surface area contributed by atoms with E-state index in [1.165, 1.54) is 6.07 Å². The largest absolute Gasteiger partial charge is 0.384 e. The molecule has 3 rings (SSSR count). The lowest BCUT2D eigenvalue weighted by atomic mass is 9.95. The fourth-order valence-electron chi connectivity index (χ4n) is 3.47. The minimum atomic E-state index is -0.702. The summed E-state index contributed by atoms with van der Waals surface area (Å²) in [5.74, 6) is -0.582. The molecule has 1 saturated heterocycles. The predicted octanol–water partition coefficient (Wildman–Crippen LogP) is 1.64. The maximum Gasteiger partial charge on any atom is 0.268 e. The van der Waals surface area contributed by atoms with Gasteiger partial charge in [0, 0.05) is 43.9 Å². The Morgan fingerprint density at radius 1 is 1.14 bits per heavy atom. The zero-order valence-corrected chi connectivity index (χ0v) is 15.6. The standard InChI is InChI=1S/C20H21FN6O/c1-2-26-5-7-27(8-6-26)12-14-4-3-13(9-17(14)21)18-15(10-22)19(24)25-20(28)16(18)11-23/h3-4,9H,2,5-8,12H2,1H3,(H3,24,25,28). The van der Waals surface area contributed by atoms with Gasteiger partial charge in [-0.05, 0) is 18.2 Å². The van der Waals surface area contributed by atoms with E-state index in [2.05, 4.69) is 21.7 Å². The predicted molar refractivity (Wildman–Crippen MR) is 104 cm³/mol.